The highest BCUT2D eigenvalue weighted by Crippen LogP contribution is 2.10. The van der Waals surface area contributed by atoms with Crippen molar-refractivity contribution < 1.29 is 4.79 Å². The molecule has 0 aliphatic carbocycles. The molecule has 18 heavy (non-hydrogen) atoms. The van der Waals surface area contributed by atoms with Crippen LogP contribution in [0.2, 0.25) is 0 Å². The second-order valence-corrected chi connectivity index (χ2v) is 5.69. The third-order valence-corrected chi connectivity index (χ3v) is 4.16. The monoisotopic (exact) mass is 254 g/mol. The van der Waals surface area contributed by atoms with E-state index < -0.39 is 0 Å². The zero-order chi connectivity index (χ0) is 13.0. The molecule has 2 fully saturated rings. The van der Waals surface area contributed by atoms with E-state index in [4.69, 9.17) is 0 Å². The second-order valence-electron chi connectivity index (χ2n) is 5.69. The van der Waals surface area contributed by atoms with Gasteiger partial charge in [-0.1, -0.05) is 0 Å². The standard InChI is InChI=1S/C13H26N4O/c1-16-6-7-17(2)12(10-16)9-15-13(18)11-4-3-5-14-8-11/h11-12,14H,3-10H2,1-2H3,(H,15,18). The number of hydrogen-bond acceptors (Lipinski definition) is 4. The largest absolute Gasteiger partial charge is 0.354 e. The number of rotatable bonds is 3. The van der Waals surface area contributed by atoms with E-state index in [-0.39, 0.29) is 11.8 Å². The lowest BCUT2D eigenvalue weighted by molar-refractivity contribution is -0.125. The molecule has 2 aliphatic heterocycles. The third kappa shape index (κ3) is 3.67. The maximum atomic E-state index is 12.0. The van der Waals surface area contributed by atoms with Crippen molar-refractivity contribution in [2.75, 3.05) is 53.4 Å². The first-order valence-corrected chi connectivity index (χ1v) is 7.04. The summed E-state index contributed by atoms with van der Waals surface area (Å²) in [6.45, 7) is 5.91. The summed E-state index contributed by atoms with van der Waals surface area (Å²) >= 11 is 0. The fraction of sp³-hybridized carbons (Fsp3) is 0.923. The van der Waals surface area contributed by atoms with Crippen LogP contribution in [0.5, 0.6) is 0 Å². The molecule has 2 saturated heterocycles. The van der Waals surface area contributed by atoms with Gasteiger partial charge in [-0.2, -0.15) is 0 Å². The van der Waals surface area contributed by atoms with Crippen LogP contribution >= 0.6 is 0 Å². The highest BCUT2D eigenvalue weighted by Gasteiger charge is 2.25. The fourth-order valence-corrected chi connectivity index (χ4v) is 2.76. The van der Waals surface area contributed by atoms with Gasteiger partial charge in [0.25, 0.3) is 0 Å². The molecule has 0 bridgehead atoms. The van der Waals surface area contributed by atoms with Crippen molar-refractivity contribution in [1.82, 2.24) is 20.4 Å². The van der Waals surface area contributed by atoms with Crippen LogP contribution in [0.25, 0.3) is 0 Å². The number of amides is 1. The summed E-state index contributed by atoms with van der Waals surface area (Å²) in [6.07, 6.45) is 2.14. The lowest BCUT2D eigenvalue weighted by Crippen LogP contribution is -2.55. The average Bonchev–Trinajstić information content (AvgIpc) is 2.40. The van der Waals surface area contributed by atoms with Gasteiger partial charge in [-0.05, 0) is 33.5 Å². The minimum atomic E-state index is 0.172. The van der Waals surface area contributed by atoms with E-state index in [9.17, 15) is 4.79 Å². The summed E-state index contributed by atoms with van der Waals surface area (Å²) in [4.78, 5) is 16.7. The molecule has 2 unspecified atom stereocenters. The average molecular weight is 254 g/mol. The summed E-state index contributed by atoms with van der Waals surface area (Å²) in [7, 11) is 4.29. The SMILES string of the molecule is CN1CCN(C)C(CNC(=O)C2CCCNC2)C1. The molecule has 104 valence electrons. The Bertz CT molecular complexity index is 278. The van der Waals surface area contributed by atoms with Gasteiger partial charge in [0.05, 0.1) is 5.92 Å². The molecule has 5 heteroatoms. The number of piperazine rings is 1. The molecule has 2 aliphatic rings. The van der Waals surface area contributed by atoms with Crippen molar-refractivity contribution >= 4 is 5.91 Å². The van der Waals surface area contributed by atoms with E-state index in [0.29, 0.717) is 6.04 Å². The van der Waals surface area contributed by atoms with Crippen LogP contribution in [0, 0.1) is 5.92 Å². The number of nitrogens with one attached hydrogen (secondary N) is 2. The van der Waals surface area contributed by atoms with Gasteiger partial charge in [-0.25, -0.2) is 0 Å². The fourth-order valence-electron chi connectivity index (χ4n) is 2.76. The Balaban J connectivity index is 1.74. The first-order chi connectivity index (χ1) is 8.66. The number of carbonyl (C=O) groups is 1. The van der Waals surface area contributed by atoms with Crippen LogP contribution in [0.3, 0.4) is 0 Å². The molecule has 2 heterocycles. The molecule has 1 amide bonds. The minimum Gasteiger partial charge on any atom is -0.354 e. The van der Waals surface area contributed by atoms with Gasteiger partial charge in [0, 0.05) is 38.8 Å². The third-order valence-electron chi connectivity index (χ3n) is 4.16. The molecule has 0 saturated carbocycles. The minimum absolute atomic E-state index is 0.172. The number of hydrogen-bond donors (Lipinski definition) is 2. The van der Waals surface area contributed by atoms with E-state index >= 15 is 0 Å². The van der Waals surface area contributed by atoms with Crippen molar-refractivity contribution in [3.8, 4) is 0 Å². The van der Waals surface area contributed by atoms with Gasteiger partial charge in [0.2, 0.25) is 5.91 Å². The van der Waals surface area contributed by atoms with E-state index in [1.54, 1.807) is 0 Å². The van der Waals surface area contributed by atoms with E-state index in [1.165, 1.54) is 0 Å². The first-order valence-electron chi connectivity index (χ1n) is 7.04. The van der Waals surface area contributed by atoms with Crippen LogP contribution in [-0.2, 0) is 4.79 Å². The Morgan fingerprint density at radius 3 is 2.94 bits per heavy atom. The molecule has 2 N–H and O–H groups in total. The van der Waals surface area contributed by atoms with Crippen LogP contribution in [0.1, 0.15) is 12.8 Å². The van der Waals surface area contributed by atoms with Gasteiger partial charge < -0.3 is 15.5 Å². The van der Waals surface area contributed by atoms with Crippen molar-refractivity contribution in [3.05, 3.63) is 0 Å². The Morgan fingerprint density at radius 1 is 1.39 bits per heavy atom. The topological polar surface area (TPSA) is 47.6 Å². The lowest BCUT2D eigenvalue weighted by atomic mass is 9.99. The van der Waals surface area contributed by atoms with E-state index in [0.717, 1.165) is 52.1 Å². The normalized spacial score (nSPS) is 31.2. The van der Waals surface area contributed by atoms with Crippen LogP contribution in [-0.4, -0.2) is 75.1 Å². The number of nitrogens with zero attached hydrogens (tertiary/aromatic N) is 2. The Kier molecular flexibility index (Phi) is 4.97. The summed E-state index contributed by atoms with van der Waals surface area (Å²) in [6, 6.07) is 0.448. The molecule has 5 nitrogen and oxygen atoms in total. The van der Waals surface area contributed by atoms with Gasteiger partial charge in [-0.3, -0.25) is 9.69 Å². The van der Waals surface area contributed by atoms with Gasteiger partial charge in [0.1, 0.15) is 0 Å². The van der Waals surface area contributed by atoms with Gasteiger partial charge in [-0.15, -0.1) is 0 Å². The predicted molar refractivity (Wildman–Crippen MR) is 72.5 cm³/mol. The molecule has 0 radical (unpaired) electrons. The lowest BCUT2D eigenvalue weighted by Gasteiger charge is -2.38. The predicted octanol–water partition coefficient (Wildman–Crippen LogP) is -0.652. The second kappa shape index (κ2) is 6.50. The number of piperidine rings is 1. The highest BCUT2D eigenvalue weighted by atomic mass is 16.1. The molecular formula is C13H26N4O. The zero-order valence-electron chi connectivity index (χ0n) is 11.6. The molecule has 0 aromatic carbocycles. The summed E-state index contributed by atoms with van der Waals surface area (Å²) in [5.41, 5.74) is 0. The van der Waals surface area contributed by atoms with Crippen molar-refractivity contribution in [2.24, 2.45) is 5.92 Å². The quantitative estimate of drug-likeness (QED) is 0.702. The Labute approximate surface area is 110 Å². The molecule has 0 aromatic heterocycles. The molecule has 0 aromatic rings. The first kappa shape index (κ1) is 13.8. The van der Waals surface area contributed by atoms with Crippen LogP contribution in [0.4, 0.5) is 0 Å². The summed E-state index contributed by atoms with van der Waals surface area (Å²) < 4.78 is 0. The van der Waals surface area contributed by atoms with Crippen molar-refractivity contribution in [2.45, 2.75) is 18.9 Å². The Morgan fingerprint density at radius 2 is 2.22 bits per heavy atom. The zero-order valence-corrected chi connectivity index (χ0v) is 11.6. The number of carbonyl (C=O) groups excluding carboxylic acids is 1. The molecule has 2 rings (SSSR count). The Hall–Kier alpha value is -0.650. The summed E-state index contributed by atoms with van der Waals surface area (Å²) in [5, 5.41) is 6.42. The van der Waals surface area contributed by atoms with Crippen molar-refractivity contribution in [3.63, 3.8) is 0 Å². The highest BCUT2D eigenvalue weighted by molar-refractivity contribution is 5.79. The van der Waals surface area contributed by atoms with Gasteiger partial charge >= 0.3 is 0 Å². The number of likely N-dealkylation sites (N-methyl/N-ethyl adjacent to an activating group) is 2. The maximum absolute atomic E-state index is 12.0. The molecule has 2 atom stereocenters. The van der Waals surface area contributed by atoms with E-state index in [2.05, 4.69) is 34.5 Å². The van der Waals surface area contributed by atoms with Crippen LogP contribution < -0.4 is 10.6 Å². The maximum Gasteiger partial charge on any atom is 0.224 e. The van der Waals surface area contributed by atoms with E-state index in [1.807, 2.05) is 0 Å². The van der Waals surface area contributed by atoms with Crippen molar-refractivity contribution in [1.29, 1.82) is 0 Å². The molecule has 0 spiro atoms. The van der Waals surface area contributed by atoms with Gasteiger partial charge in [0.15, 0.2) is 0 Å². The summed E-state index contributed by atoms with van der Waals surface area (Å²) in [5.74, 6) is 0.397. The molecular weight excluding hydrogens is 228 g/mol. The smallest absolute Gasteiger partial charge is 0.224 e. The van der Waals surface area contributed by atoms with Crippen LogP contribution in [0.15, 0.2) is 0 Å².